The van der Waals surface area contributed by atoms with Gasteiger partial charge in [-0.1, -0.05) is 23.4 Å². The standard InChI is InChI=1S/C20H19N3O3/c24-20(18-11-19(26-22-18)16-5-4-9-21-12-16)23(13-15-8-10-25-14-15)17-6-2-1-3-7-17/h1-7,9,11-12,15H,8,10,13-14H2. The summed E-state index contributed by atoms with van der Waals surface area (Å²) in [6, 6.07) is 15.0. The predicted octanol–water partition coefficient (Wildman–Crippen LogP) is 3.42. The van der Waals surface area contributed by atoms with Gasteiger partial charge in [0.05, 0.1) is 6.61 Å². The number of rotatable bonds is 5. The second-order valence-electron chi connectivity index (χ2n) is 6.30. The largest absolute Gasteiger partial charge is 0.381 e. The Kier molecular flexibility index (Phi) is 4.75. The van der Waals surface area contributed by atoms with Gasteiger partial charge in [-0.05, 0) is 30.7 Å². The van der Waals surface area contributed by atoms with E-state index in [2.05, 4.69) is 10.1 Å². The monoisotopic (exact) mass is 349 g/mol. The quantitative estimate of drug-likeness (QED) is 0.706. The van der Waals surface area contributed by atoms with Gasteiger partial charge in [0.15, 0.2) is 11.5 Å². The average Bonchev–Trinajstić information content (AvgIpc) is 3.39. The van der Waals surface area contributed by atoms with Crippen LogP contribution in [0.25, 0.3) is 11.3 Å². The Bertz CT molecular complexity index is 858. The van der Waals surface area contributed by atoms with Crippen LogP contribution in [0.3, 0.4) is 0 Å². The first kappa shape index (κ1) is 16.5. The Morgan fingerprint density at radius 3 is 2.81 bits per heavy atom. The highest BCUT2D eigenvalue weighted by atomic mass is 16.5. The molecule has 1 aliphatic rings. The van der Waals surface area contributed by atoms with Crippen LogP contribution in [-0.4, -0.2) is 35.8 Å². The molecule has 2 aromatic heterocycles. The number of para-hydroxylation sites is 1. The Hall–Kier alpha value is -2.99. The second kappa shape index (κ2) is 7.49. The summed E-state index contributed by atoms with van der Waals surface area (Å²) in [7, 11) is 0. The topological polar surface area (TPSA) is 68.5 Å². The van der Waals surface area contributed by atoms with Crippen LogP contribution in [0.4, 0.5) is 5.69 Å². The lowest BCUT2D eigenvalue weighted by Gasteiger charge is -2.24. The molecule has 3 heterocycles. The summed E-state index contributed by atoms with van der Waals surface area (Å²) in [5.41, 5.74) is 1.91. The molecule has 0 bridgehead atoms. The smallest absolute Gasteiger partial charge is 0.280 e. The van der Waals surface area contributed by atoms with Crippen LogP contribution in [0.5, 0.6) is 0 Å². The first-order valence-electron chi connectivity index (χ1n) is 8.63. The molecule has 3 aromatic rings. The van der Waals surface area contributed by atoms with E-state index in [4.69, 9.17) is 9.26 Å². The Labute approximate surface area is 151 Å². The van der Waals surface area contributed by atoms with Gasteiger partial charge < -0.3 is 14.2 Å². The fraction of sp³-hybridized carbons (Fsp3) is 0.250. The number of aromatic nitrogens is 2. The van der Waals surface area contributed by atoms with E-state index < -0.39 is 0 Å². The number of carbonyl (C=O) groups excluding carboxylic acids is 1. The summed E-state index contributed by atoms with van der Waals surface area (Å²) in [6.07, 6.45) is 4.32. The lowest BCUT2D eigenvalue weighted by atomic mass is 10.1. The van der Waals surface area contributed by atoms with Crippen LogP contribution in [0.1, 0.15) is 16.9 Å². The SMILES string of the molecule is O=C(c1cc(-c2cccnc2)on1)N(CC1CCOC1)c1ccccc1. The molecule has 1 aliphatic heterocycles. The van der Waals surface area contributed by atoms with E-state index >= 15 is 0 Å². The molecule has 0 N–H and O–H groups in total. The highest BCUT2D eigenvalue weighted by Gasteiger charge is 2.26. The molecule has 0 saturated carbocycles. The van der Waals surface area contributed by atoms with E-state index in [9.17, 15) is 4.79 Å². The molecule has 1 atom stereocenters. The first-order valence-corrected chi connectivity index (χ1v) is 8.63. The van der Waals surface area contributed by atoms with Crippen molar-refractivity contribution in [3.63, 3.8) is 0 Å². The van der Waals surface area contributed by atoms with E-state index in [0.29, 0.717) is 24.8 Å². The number of benzene rings is 1. The average molecular weight is 349 g/mol. The van der Waals surface area contributed by atoms with Crippen molar-refractivity contribution >= 4 is 11.6 Å². The van der Waals surface area contributed by atoms with Gasteiger partial charge in [-0.3, -0.25) is 9.78 Å². The summed E-state index contributed by atoms with van der Waals surface area (Å²) in [5, 5.41) is 3.99. The number of carbonyl (C=O) groups is 1. The number of nitrogens with zero attached hydrogens (tertiary/aromatic N) is 3. The van der Waals surface area contributed by atoms with Crippen molar-refractivity contribution in [2.75, 3.05) is 24.7 Å². The molecule has 6 heteroatoms. The van der Waals surface area contributed by atoms with Gasteiger partial charge in [-0.15, -0.1) is 0 Å². The second-order valence-corrected chi connectivity index (χ2v) is 6.30. The molecule has 1 unspecified atom stereocenters. The third-order valence-electron chi connectivity index (χ3n) is 4.45. The normalized spacial score (nSPS) is 16.5. The van der Waals surface area contributed by atoms with Crippen molar-refractivity contribution in [2.24, 2.45) is 5.92 Å². The molecule has 26 heavy (non-hydrogen) atoms. The van der Waals surface area contributed by atoms with Gasteiger partial charge in [0.1, 0.15) is 0 Å². The van der Waals surface area contributed by atoms with Gasteiger partial charge in [-0.2, -0.15) is 0 Å². The molecule has 132 valence electrons. The zero-order valence-electron chi connectivity index (χ0n) is 14.2. The van der Waals surface area contributed by atoms with Gasteiger partial charge >= 0.3 is 0 Å². The molecule has 1 fully saturated rings. The van der Waals surface area contributed by atoms with Gasteiger partial charge in [0.2, 0.25) is 0 Å². The molecule has 4 rings (SSSR count). The third-order valence-corrected chi connectivity index (χ3v) is 4.45. The minimum Gasteiger partial charge on any atom is -0.381 e. The molecule has 6 nitrogen and oxygen atoms in total. The van der Waals surface area contributed by atoms with Crippen LogP contribution in [-0.2, 0) is 4.74 Å². The summed E-state index contributed by atoms with van der Waals surface area (Å²) < 4.78 is 10.8. The van der Waals surface area contributed by atoms with Crippen molar-refractivity contribution < 1.29 is 14.1 Å². The molecule has 1 saturated heterocycles. The van der Waals surface area contributed by atoms with Gasteiger partial charge in [0.25, 0.3) is 5.91 Å². The minimum atomic E-state index is -0.179. The van der Waals surface area contributed by atoms with Crippen LogP contribution in [0, 0.1) is 5.92 Å². The van der Waals surface area contributed by atoms with Crippen LogP contribution in [0.15, 0.2) is 65.4 Å². The van der Waals surface area contributed by atoms with Crippen molar-refractivity contribution in [1.29, 1.82) is 0 Å². The molecule has 0 spiro atoms. The molecular formula is C20H19N3O3. The Balaban J connectivity index is 1.61. The first-order chi connectivity index (χ1) is 12.8. The maximum absolute atomic E-state index is 13.1. The third kappa shape index (κ3) is 3.50. The van der Waals surface area contributed by atoms with Crippen LogP contribution in [0.2, 0.25) is 0 Å². The highest BCUT2D eigenvalue weighted by Crippen LogP contribution is 2.24. The van der Waals surface area contributed by atoms with Crippen molar-refractivity contribution in [3.05, 3.63) is 66.6 Å². The summed E-state index contributed by atoms with van der Waals surface area (Å²) in [6.45, 7) is 2.02. The number of pyridine rings is 1. The maximum atomic E-state index is 13.1. The van der Waals surface area contributed by atoms with Crippen molar-refractivity contribution in [3.8, 4) is 11.3 Å². The van der Waals surface area contributed by atoms with Crippen LogP contribution < -0.4 is 4.90 Å². The fourth-order valence-electron chi connectivity index (χ4n) is 3.06. The van der Waals surface area contributed by atoms with Crippen LogP contribution >= 0.6 is 0 Å². The van der Waals surface area contributed by atoms with E-state index in [1.54, 1.807) is 23.4 Å². The minimum absolute atomic E-state index is 0.179. The Morgan fingerprint density at radius 1 is 1.19 bits per heavy atom. The number of hydrogen-bond donors (Lipinski definition) is 0. The van der Waals surface area contributed by atoms with E-state index in [1.165, 1.54) is 0 Å². The highest BCUT2D eigenvalue weighted by molar-refractivity contribution is 6.05. The number of anilines is 1. The number of hydrogen-bond acceptors (Lipinski definition) is 5. The number of amides is 1. The van der Waals surface area contributed by atoms with Gasteiger partial charge in [0, 0.05) is 48.8 Å². The molecule has 1 amide bonds. The zero-order chi connectivity index (χ0) is 17.8. The number of ether oxygens (including phenoxy) is 1. The fourth-order valence-corrected chi connectivity index (χ4v) is 3.06. The van der Waals surface area contributed by atoms with E-state index in [0.717, 1.165) is 24.3 Å². The zero-order valence-corrected chi connectivity index (χ0v) is 14.2. The van der Waals surface area contributed by atoms with E-state index in [1.807, 2.05) is 42.5 Å². The lowest BCUT2D eigenvalue weighted by Crippen LogP contribution is -2.36. The predicted molar refractivity (Wildman–Crippen MR) is 96.8 cm³/mol. The summed E-state index contributed by atoms with van der Waals surface area (Å²) >= 11 is 0. The lowest BCUT2D eigenvalue weighted by molar-refractivity contribution is 0.0972. The van der Waals surface area contributed by atoms with Crippen molar-refractivity contribution in [1.82, 2.24) is 10.1 Å². The Morgan fingerprint density at radius 2 is 2.08 bits per heavy atom. The summed E-state index contributed by atoms with van der Waals surface area (Å²) in [5.74, 6) is 0.671. The molecule has 0 radical (unpaired) electrons. The molecule has 0 aliphatic carbocycles. The maximum Gasteiger partial charge on any atom is 0.280 e. The summed E-state index contributed by atoms with van der Waals surface area (Å²) in [4.78, 5) is 18.9. The van der Waals surface area contributed by atoms with Crippen molar-refractivity contribution in [2.45, 2.75) is 6.42 Å². The van der Waals surface area contributed by atoms with Gasteiger partial charge in [-0.25, -0.2) is 0 Å². The molecular weight excluding hydrogens is 330 g/mol. The van der Waals surface area contributed by atoms with E-state index in [-0.39, 0.29) is 11.6 Å². The molecule has 1 aromatic carbocycles.